The van der Waals surface area contributed by atoms with Gasteiger partial charge in [0.25, 0.3) is 0 Å². The summed E-state index contributed by atoms with van der Waals surface area (Å²) in [5.41, 5.74) is 0.868. The largest absolute Gasteiger partial charge is 0.392 e. The lowest BCUT2D eigenvalue weighted by Gasteiger charge is -2.08. The van der Waals surface area contributed by atoms with Crippen LogP contribution in [-0.2, 0) is 4.84 Å². The fourth-order valence-corrected chi connectivity index (χ4v) is 0.417. The van der Waals surface area contributed by atoms with E-state index in [1.54, 1.807) is 0 Å². The summed E-state index contributed by atoms with van der Waals surface area (Å²) in [6.07, 6.45) is 0.641. The molecule has 0 fully saturated rings. The van der Waals surface area contributed by atoms with Crippen molar-refractivity contribution in [3.63, 3.8) is 0 Å². The molecule has 0 saturated carbocycles. The predicted molar refractivity (Wildman–Crippen MR) is 41.0 cm³/mol. The van der Waals surface area contributed by atoms with E-state index in [-0.39, 0.29) is 12.7 Å². The summed E-state index contributed by atoms with van der Waals surface area (Å²) in [6, 6.07) is 0. The van der Waals surface area contributed by atoms with Gasteiger partial charge in [-0.15, -0.1) is 0 Å². The van der Waals surface area contributed by atoms with Crippen molar-refractivity contribution in [2.45, 2.75) is 33.3 Å². The molecular formula is C7H15NO2. The van der Waals surface area contributed by atoms with Gasteiger partial charge < -0.3 is 9.94 Å². The molecule has 1 N–H and O–H groups in total. The SMILES string of the molecule is CC[C@@H](CO)ON=C(C)C. The van der Waals surface area contributed by atoms with E-state index in [1.807, 2.05) is 20.8 Å². The van der Waals surface area contributed by atoms with Gasteiger partial charge in [-0.3, -0.25) is 0 Å². The van der Waals surface area contributed by atoms with Gasteiger partial charge >= 0.3 is 0 Å². The molecule has 3 nitrogen and oxygen atoms in total. The summed E-state index contributed by atoms with van der Waals surface area (Å²) in [4.78, 5) is 4.94. The zero-order valence-corrected chi connectivity index (χ0v) is 6.79. The van der Waals surface area contributed by atoms with E-state index in [0.717, 1.165) is 12.1 Å². The van der Waals surface area contributed by atoms with E-state index in [0.29, 0.717) is 0 Å². The maximum atomic E-state index is 8.64. The summed E-state index contributed by atoms with van der Waals surface area (Å²) < 4.78 is 0. The van der Waals surface area contributed by atoms with Gasteiger partial charge in [0.15, 0.2) is 0 Å². The number of hydrogen-bond donors (Lipinski definition) is 1. The fraction of sp³-hybridized carbons (Fsp3) is 0.857. The Morgan fingerprint density at radius 3 is 2.50 bits per heavy atom. The third kappa shape index (κ3) is 4.32. The summed E-state index contributed by atoms with van der Waals surface area (Å²) in [7, 11) is 0. The maximum absolute atomic E-state index is 8.64. The molecule has 1 atom stereocenters. The van der Waals surface area contributed by atoms with Crippen molar-refractivity contribution in [2.75, 3.05) is 6.61 Å². The minimum absolute atomic E-state index is 0.0350. The van der Waals surface area contributed by atoms with Crippen molar-refractivity contribution in [1.29, 1.82) is 0 Å². The van der Waals surface area contributed by atoms with E-state index < -0.39 is 0 Å². The van der Waals surface area contributed by atoms with Crippen molar-refractivity contribution in [3.8, 4) is 0 Å². The van der Waals surface area contributed by atoms with Gasteiger partial charge in [-0.1, -0.05) is 12.1 Å². The van der Waals surface area contributed by atoms with Crippen LogP contribution in [0, 0.1) is 0 Å². The van der Waals surface area contributed by atoms with Crippen LogP contribution >= 0.6 is 0 Å². The van der Waals surface area contributed by atoms with Crippen LogP contribution in [0.25, 0.3) is 0 Å². The number of hydrogen-bond acceptors (Lipinski definition) is 3. The molecular weight excluding hydrogens is 130 g/mol. The second-order valence-electron chi connectivity index (χ2n) is 2.36. The summed E-state index contributed by atoms with van der Waals surface area (Å²) in [5.74, 6) is 0. The molecule has 0 aliphatic carbocycles. The molecule has 0 aromatic carbocycles. The highest BCUT2D eigenvalue weighted by molar-refractivity contribution is 5.78. The average molecular weight is 145 g/mol. The Labute approximate surface area is 61.7 Å². The molecule has 60 valence electrons. The molecule has 0 aliphatic rings. The lowest BCUT2D eigenvalue weighted by atomic mass is 10.3. The quantitative estimate of drug-likeness (QED) is 0.476. The third-order valence-electron chi connectivity index (χ3n) is 1.04. The molecule has 0 aliphatic heterocycles. The first kappa shape index (κ1) is 9.43. The van der Waals surface area contributed by atoms with Gasteiger partial charge in [-0.05, 0) is 20.3 Å². The molecule has 0 unspecified atom stereocenters. The monoisotopic (exact) mass is 145 g/mol. The molecule has 0 radical (unpaired) electrons. The van der Waals surface area contributed by atoms with Crippen LogP contribution in [0.1, 0.15) is 27.2 Å². The minimum Gasteiger partial charge on any atom is -0.392 e. The van der Waals surface area contributed by atoms with Crippen molar-refractivity contribution in [1.82, 2.24) is 0 Å². The Kier molecular flexibility index (Phi) is 4.94. The second kappa shape index (κ2) is 5.23. The Balaban J connectivity index is 3.54. The van der Waals surface area contributed by atoms with Crippen LogP contribution in [0.3, 0.4) is 0 Å². The van der Waals surface area contributed by atoms with Crippen molar-refractivity contribution >= 4 is 5.71 Å². The molecule has 0 heterocycles. The smallest absolute Gasteiger partial charge is 0.150 e. The Hall–Kier alpha value is -0.570. The van der Waals surface area contributed by atoms with Crippen molar-refractivity contribution in [3.05, 3.63) is 0 Å². The lowest BCUT2D eigenvalue weighted by molar-refractivity contribution is 0.0145. The fourth-order valence-electron chi connectivity index (χ4n) is 0.417. The summed E-state index contributed by atoms with van der Waals surface area (Å²) >= 11 is 0. The highest BCUT2D eigenvalue weighted by Crippen LogP contribution is 1.96. The van der Waals surface area contributed by atoms with Crippen LogP contribution in [0.15, 0.2) is 5.16 Å². The summed E-state index contributed by atoms with van der Waals surface area (Å²) in [5, 5.41) is 12.4. The molecule has 0 saturated heterocycles. The molecule has 0 rings (SSSR count). The highest BCUT2D eigenvalue weighted by atomic mass is 16.6. The summed E-state index contributed by atoms with van der Waals surface area (Å²) in [6.45, 7) is 5.68. The van der Waals surface area contributed by atoms with E-state index in [9.17, 15) is 0 Å². The third-order valence-corrected chi connectivity index (χ3v) is 1.04. The van der Waals surface area contributed by atoms with Crippen LogP contribution < -0.4 is 0 Å². The van der Waals surface area contributed by atoms with Crippen molar-refractivity contribution < 1.29 is 9.94 Å². The van der Waals surface area contributed by atoms with Gasteiger partial charge in [0.05, 0.1) is 12.3 Å². The number of oxime groups is 1. The predicted octanol–water partition coefficient (Wildman–Crippen LogP) is 1.17. The lowest BCUT2D eigenvalue weighted by Crippen LogP contribution is -2.13. The molecule has 3 heteroatoms. The van der Waals surface area contributed by atoms with E-state index >= 15 is 0 Å². The first-order chi connectivity index (χ1) is 4.70. The van der Waals surface area contributed by atoms with Gasteiger partial charge in [-0.25, -0.2) is 0 Å². The zero-order chi connectivity index (χ0) is 7.98. The zero-order valence-electron chi connectivity index (χ0n) is 6.79. The molecule has 0 bridgehead atoms. The van der Waals surface area contributed by atoms with Gasteiger partial charge in [0.1, 0.15) is 6.10 Å². The van der Waals surface area contributed by atoms with Gasteiger partial charge in [-0.2, -0.15) is 0 Å². The van der Waals surface area contributed by atoms with Gasteiger partial charge in [0, 0.05) is 0 Å². The second-order valence-corrected chi connectivity index (χ2v) is 2.36. The molecule has 0 aromatic rings. The van der Waals surface area contributed by atoms with Crippen molar-refractivity contribution in [2.24, 2.45) is 5.16 Å². The van der Waals surface area contributed by atoms with E-state index in [4.69, 9.17) is 9.94 Å². The van der Waals surface area contributed by atoms with Crippen LogP contribution in [0.2, 0.25) is 0 Å². The number of aliphatic hydroxyl groups excluding tert-OH is 1. The maximum Gasteiger partial charge on any atom is 0.150 e. The average Bonchev–Trinajstić information content (AvgIpc) is 1.90. The Morgan fingerprint density at radius 1 is 1.60 bits per heavy atom. The molecule has 10 heavy (non-hydrogen) atoms. The topological polar surface area (TPSA) is 41.8 Å². The minimum atomic E-state index is -0.144. The highest BCUT2D eigenvalue weighted by Gasteiger charge is 2.02. The first-order valence-electron chi connectivity index (χ1n) is 3.48. The van der Waals surface area contributed by atoms with E-state index in [2.05, 4.69) is 5.16 Å². The van der Waals surface area contributed by atoms with E-state index in [1.165, 1.54) is 0 Å². The van der Waals surface area contributed by atoms with Crippen LogP contribution in [0.4, 0.5) is 0 Å². The number of nitrogens with zero attached hydrogens (tertiary/aromatic N) is 1. The van der Waals surface area contributed by atoms with Crippen LogP contribution in [-0.4, -0.2) is 23.5 Å². The van der Waals surface area contributed by atoms with Crippen LogP contribution in [0.5, 0.6) is 0 Å². The van der Waals surface area contributed by atoms with Gasteiger partial charge in [0.2, 0.25) is 0 Å². The number of aliphatic hydroxyl groups is 1. The molecule has 0 spiro atoms. The Bertz CT molecular complexity index is 104. The Morgan fingerprint density at radius 2 is 2.20 bits per heavy atom. The first-order valence-corrected chi connectivity index (χ1v) is 3.48. The molecule has 0 aromatic heterocycles. The standard InChI is InChI=1S/C7H15NO2/c1-4-7(5-9)10-8-6(2)3/h7,9H,4-5H2,1-3H3/t7-/m0/s1. The number of rotatable bonds is 4. The molecule has 0 amide bonds. The normalized spacial score (nSPS) is 12.4.